The molecule has 10 heavy (non-hydrogen) atoms. The summed E-state index contributed by atoms with van der Waals surface area (Å²) in [4.78, 5) is 0. The topological polar surface area (TPSA) is 21.3 Å². The van der Waals surface area contributed by atoms with Crippen LogP contribution in [0.2, 0.25) is 0 Å². The highest BCUT2D eigenvalue weighted by Crippen LogP contribution is 2.04. The molecule has 0 bridgehead atoms. The van der Waals surface area contributed by atoms with E-state index in [4.69, 9.17) is 4.74 Å². The van der Waals surface area contributed by atoms with Gasteiger partial charge in [-0.1, -0.05) is 6.08 Å². The van der Waals surface area contributed by atoms with Crippen LogP contribution in [0.15, 0.2) is 23.9 Å². The summed E-state index contributed by atoms with van der Waals surface area (Å²) in [5, 5.41) is 3.09. The van der Waals surface area contributed by atoms with Gasteiger partial charge in [-0.15, -0.1) is 0 Å². The molecule has 1 N–H and O–H groups in total. The Bertz CT molecular complexity index is 149. The predicted octanol–water partition coefficient (Wildman–Crippen LogP) is 1.07. The molecule has 0 atom stereocenters. The Balaban J connectivity index is 2.26. The molecule has 0 saturated heterocycles. The molecule has 2 nitrogen and oxygen atoms in total. The molecule has 1 rings (SSSR count). The summed E-state index contributed by atoms with van der Waals surface area (Å²) in [5.74, 6) is 0. The summed E-state index contributed by atoms with van der Waals surface area (Å²) in [6.45, 7) is 1.77. The van der Waals surface area contributed by atoms with Crippen molar-refractivity contribution in [3.8, 4) is 0 Å². The molecule has 56 valence electrons. The minimum Gasteiger partial charge on any atom is -0.387 e. The molecule has 0 aliphatic carbocycles. The van der Waals surface area contributed by atoms with Gasteiger partial charge >= 0.3 is 0 Å². The highest BCUT2D eigenvalue weighted by atomic mass is 16.5. The van der Waals surface area contributed by atoms with Gasteiger partial charge in [-0.2, -0.15) is 0 Å². The highest BCUT2D eigenvalue weighted by Gasteiger charge is 1.94. The van der Waals surface area contributed by atoms with Gasteiger partial charge in [0.1, 0.15) is 0 Å². The number of ether oxygens (including phenoxy) is 1. The number of hydrogen-bond donors (Lipinski definition) is 1. The number of allylic oxidation sites excluding steroid dienone is 1. The molecule has 1 heterocycles. The van der Waals surface area contributed by atoms with Gasteiger partial charge in [-0.05, 0) is 24.3 Å². The Morgan fingerprint density at radius 3 is 3.20 bits per heavy atom. The van der Waals surface area contributed by atoms with E-state index in [1.165, 1.54) is 5.57 Å². The van der Waals surface area contributed by atoms with Crippen LogP contribution in [-0.4, -0.2) is 20.3 Å². The summed E-state index contributed by atoms with van der Waals surface area (Å²) < 4.78 is 4.95. The SMILES string of the molecule is COCCC1=CCNC=C1. The molecule has 0 fully saturated rings. The molecule has 2 heteroatoms. The van der Waals surface area contributed by atoms with Gasteiger partial charge in [0.05, 0.1) is 6.61 Å². The van der Waals surface area contributed by atoms with E-state index in [9.17, 15) is 0 Å². The summed E-state index contributed by atoms with van der Waals surface area (Å²) in [6.07, 6.45) is 7.27. The second-order valence-electron chi connectivity index (χ2n) is 2.26. The van der Waals surface area contributed by atoms with Gasteiger partial charge in [0, 0.05) is 13.7 Å². The standard InChI is InChI=1S/C8H13NO/c1-10-7-4-8-2-5-9-6-3-8/h2-3,5,9H,4,6-7H2,1H3. The average molecular weight is 139 g/mol. The van der Waals surface area contributed by atoms with Crippen molar-refractivity contribution in [2.45, 2.75) is 6.42 Å². The third-order valence-electron chi connectivity index (χ3n) is 1.49. The van der Waals surface area contributed by atoms with E-state index in [2.05, 4.69) is 17.5 Å². The Labute approximate surface area is 61.6 Å². The largest absolute Gasteiger partial charge is 0.387 e. The summed E-state index contributed by atoms with van der Waals surface area (Å²) in [5.41, 5.74) is 1.36. The van der Waals surface area contributed by atoms with Gasteiger partial charge in [-0.25, -0.2) is 0 Å². The molecule has 0 saturated carbocycles. The second-order valence-corrected chi connectivity index (χ2v) is 2.26. The van der Waals surface area contributed by atoms with Crippen LogP contribution in [-0.2, 0) is 4.74 Å². The Hall–Kier alpha value is -0.760. The van der Waals surface area contributed by atoms with Crippen molar-refractivity contribution in [3.05, 3.63) is 23.9 Å². The van der Waals surface area contributed by atoms with Gasteiger partial charge in [0.15, 0.2) is 0 Å². The summed E-state index contributed by atoms with van der Waals surface area (Å²) in [7, 11) is 1.73. The summed E-state index contributed by atoms with van der Waals surface area (Å²) in [6, 6.07) is 0. The van der Waals surface area contributed by atoms with E-state index < -0.39 is 0 Å². The van der Waals surface area contributed by atoms with Crippen molar-refractivity contribution in [1.29, 1.82) is 0 Å². The van der Waals surface area contributed by atoms with E-state index >= 15 is 0 Å². The number of nitrogens with one attached hydrogen (secondary N) is 1. The summed E-state index contributed by atoms with van der Waals surface area (Å²) >= 11 is 0. The molecule has 0 aromatic carbocycles. The quantitative estimate of drug-likeness (QED) is 0.631. The van der Waals surface area contributed by atoms with Crippen molar-refractivity contribution >= 4 is 0 Å². The Morgan fingerprint density at radius 2 is 2.60 bits per heavy atom. The molecule has 0 aromatic rings. The lowest BCUT2D eigenvalue weighted by Crippen LogP contribution is -2.09. The van der Waals surface area contributed by atoms with Crippen molar-refractivity contribution in [3.63, 3.8) is 0 Å². The van der Waals surface area contributed by atoms with E-state index in [0.717, 1.165) is 19.6 Å². The maximum atomic E-state index is 4.95. The predicted molar refractivity (Wildman–Crippen MR) is 41.7 cm³/mol. The first-order valence-electron chi connectivity index (χ1n) is 3.51. The van der Waals surface area contributed by atoms with Crippen LogP contribution in [0.25, 0.3) is 0 Å². The lowest BCUT2D eigenvalue weighted by molar-refractivity contribution is 0.202. The van der Waals surface area contributed by atoms with Crippen LogP contribution in [0.1, 0.15) is 6.42 Å². The minimum atomic E-state index is 0.816. The zero-order valence-electron chi connectivity index (χ0n) is 6.26. The van der Waals surface area contributed by atoms with E-state index in [0.29, 0.717) is 0 Å². The number of dihydropyridines is 1. The maximum Gasteiger partial charge on any atom is 0.0502 e. The normalized spacial score (nSPS) is 16.3. The molecular weight excluding hydrogens is 126 g/mol. The monoisotopic (exact) mass is 139 g/mol. The molecule has 1 aliphatic heterocycles. The zero-order chi connectivity index (χ0) is 7.23. The molecule has 0 aromatic heterocycles. The lowest BCUT2D eigenvalue weighted by atomic mass is 10.1. The third kappa shape index (κ3) is 2.23. The van der Waals surface area contributed by atoms with Gasteiger partial charge in [-0.3, -0.25) is 0 Å². The van der Waals surface area contributed by atoms with Gasteiger partial charge in [0.25, 0.3) is 0 Å². The van der Waals surface area contributed by atoms with Crippen molar-refractivity contribution in [2.24, 2.45) is 0 Å². The fourth-order valence-electron chi connectivity index (χ4n) is 0.897. The fraction of sp³-hybridized carbons (Fsp3) is 0.500. The third-order valence-corrected chi connectivity index (χ3v) is 1.49. The molecule has 1 aliphatic rings. The smallest absolute Gasteiger partial charge is 0.0502 e. The first-order valence-corrected chi connectivity index (χ1v) is 3.51. The highest BCUT2D eigenvalue weighted by molar-refractivity contribution is 5.21. The Morgan fingerprint density at radius 1 is 1.70 bits per heavy atom. The first-order chi connectivity index (χ1) is 4.93. The van der Waals surface area contributed by atoms with E-state index in [1.54, 1.807) is 7.11 Å². The molecule has 0 amide bonds. The lowest BCUT2D eigenvalue weighted by Gasteiger charge is -2.06. The van der Waals surface area contributed by atoms with Crippen molar-refractivity contribution in [1.82, 2.24) is 5.32 Å². The number of rotatable bonds is 3. The number of hydrogen-bond acceptors (Lipinski definition) is 2. The molecule has 0 unspecified atom stereocenters. The van der Waals surface area contributed by atoms with Crippen molar-refractivity contribution in [2.75, 3.05) is 20.3 Å². The first kappa shape index (κ1) is 7.35. The van der Waals surface area contributed by atoms with Crippen LogP contribution in [0.5, 0.6) is 0 Å². The molecule has 0 spiro atoms. The van der Waals surface area contributed by atoms with Crippen LogP contribution < -0.4 is 5.32 Å². The molecular formula is C8H13NO. The Kier molecular flexibility index (Phi) is 3.03. The van der Waals surface area contributed by atoms with E-state index in [1.807, 2.05) is 6.20 Å². The fourth-order valence-corrected chi connectivity index (χ4v) is 0.897. The van der Waals surface area contributed by atoms with Crippen LogP contribution in [0, 0.1) is 0 Å². The van der Waals surface area contributed by atoms with Crippen molar-refractivity contribution < 1.29 is 4.74 Å². The van der Waals surface area contributed by atoms with Crippen LogP contribution >= 0.6 is 0 Å². The van der Waals surface area contributed by atoms with Crippen LogP contribution in [0.3, 0.4) is 0 Å². The molecule has 0 radical (unpaired) electrons. The van der Waals surface area contributed by atoms with E-state index in [-0.39, 0.29) is 0 Å². The zero-order valence-corrected chi connectivity index (χ0v) is 6.26. The van der Waals surface area contributed by atoms with Crippen LogP contribution in [0.4, 0.5) is 0 Å². The second kappa shape index (κ2) is 4.12. The van der Waals surface area contributed by atoms with Gasteiger partial charge in [0.2, 0.25) is 0 Å². The average Bonchev–Trinajstić information content (AvgIpc) is 2.03. The maximum absolute atomic E-state index is 4.95. The minimum absolute atomic E-state index is 0.816. The number of methoxy groups -OCH3 is 1. The van der Waals surface area contributed by atoms with Gasteiger partial charge < -0.3 is 10.1 Å².